The van der Waals surface area contributed by atoms with Gasteiger partial charge in [0.1, 0.15) is 5.82 Å². The molecule has 1 amide bonds. The molecule has 8 heteroatoms. The van der Waals surface area contributed by atoms with Crippen molar-refractivity contribution in [2.24, 2.45) is 0 Å². The van der Waals surface area contributed by atoms with Crippen LogP contribution in [0.1, 0.15) is 0 Å². The summed E-state index contributed by atoms with van der Waals surface area (Å²) in [4.78, 5) is 13.8. The van der Waals surface area contributed by atoms with E-state index >= 15 is 0 Å². The van der Waals surface area contributed by atoms with Crippen molar-refractivity contribution in [3.05, 3.63) is 55.4 Å². The van der Waals surface area contributed by atoms with Crippen LogP contribution in [0.25, 0.3) is 11.4 Å². The summed E-state index contributed by atoms with van der Waals surface area (Å²) < 4.78 is 14.3. The molecule has 0 bridgehead atoms. The second-order valence-corrected chi connectivity index (χ2v) is 5.79. The summed E-state index contributed by atoms with van der Waals surface area (Å²) in [7, 11) is 0. The van der Waals surface area contributed by atoms with E-state index in [4.69, 9.17) is 5.84 Å². The average Bonchev–Trinajstić information content (AvgIpc) is 2.94. The van der Waals surface area contributed by atoms with Gasteiger partial charge in [-0.15, -0.1) is 23.4 Å². The molecule has 1 heterocycles. The number of benzene rings is 1. The molecule has 2 aromatic rings. The van der Waals surface area contributed by atoms with E-state index < -0.39 is 0 Å². The summed E-state index contributed by atoms with van der Waals surface area (Å²) in [6.07, 6.45) is 3.31. The molecule has 2 rings (SSSR count). The predicted octanol–water partition coefficient (Wildman–Crippen LogP) is 2.09. The number of halogens is 1. The van der Waals surface area contributed by atoms with Crippen LogP contribution < -0.4 is 5.84 Å². The summed E-state index contributed by atoms with van der Waals surface area (Å²) in [5.74, 6) is 6.12. The average molecular weight is 347 g/mol. The Bertz CT molecular complexity index is 719. The van der Waals surface area contributed by atoms with E-state index in [1.165, 1.54) is 28.6 Å². The smallest absolute Gasteiger partial charge is 0.233 e. The van der Waals surface area contributed by atoms with Crippen molar-refractivity contribution in [3.8, 4) is 11.4 Å². The minimum atomic E-state index is -0.341. The van der Waals surface area contributed by atoms with Crippen LogP contribution in [0.3, 0.4) is 0 Å². The first-order chi connectivity index (χ1) is 11.6. The Morgan fingerprint density at radius 1 is 1.25 bits per heavy atom. The Kier molecular flexibility index (Phi) is 6.14. The van der Waals surface area contributed by atoms with Gasteiger partial charge in [0, 0.05) is 18.7 Å². The fourth-order valence-electron chi connectivity index (χ4n) is 1.98. The van der Waals surface area contributed by atoms with Gasteiger partial charge in [-0.25, -0.2) is 9.07 Å². The molecule has 0 saturated heterocycles. The lowest BCUT2D eigenvalue weighted by atomic mass is 10.2. The highest BCUT2D eigenvalue weighted by Gasteiger charge is 2.16. The minimum absolute atomic E-state index is 0.0777. The zero-order chi connectivity index (χ0) is 17.5. The number of carbonyl (C=O) groups excluding carboxylic acids is 1. The molecular weight excluding hydrogens is 329 g/mol. The number of nitrogens with zero attached hydrogens (tertiary/aromatic N) is 4. The van der Waals surface area contributed by atoms with Crippen molar-refractivity contribution in [2.75, 3.05) is 24.7 Å². The zero-order valence-electron chi connectivity index (χ0n) is 13.1. The van der Waals surface area contributed by atoms with Crippen LogP contribution in [0, 0.1) is 5.82 Å². The van der Waals surface area contributed by atoms with Crippen molar-refractivity contribution in [3.63, 3.8) is 0 Å². The van der Waals surface area contributed by atoms with Gasteiger partial charge in [-0.05, 0) is 24.3 Å². The summed E-state index contributed by atoms with van der Waals surface area (Å²) in [5.41, 5.74) is 0.643. The summed E-state index contributed by atoms with van der Waals surface area (Å²) >= 11 is 1.18. The standard InChI is InChI=1S/C16H18FN5OS/c1-3-9-21(10-4-2)14(23)11-24-16-20-19-15(22(16)18)12-5-7-13(17)8-6-12/h3-8H,1-2,9-11,18H2. The minimum Gasteiger partial charge on any atom is -0.335 e. The predicted molar refractivity (Wildman–Crippen MR) is 93.3 cm³/mol. The summed E-state index contributed by atoms with van der Waals surface area (Å²) in [6, 6.07) is 5.78. The first kappa shape index (κ1) is 17.7. The molecule has 1 aromatic heterocycles. The van der Waals surface area contributed by atoms with Gasteiger partial charge in [-0.1, -0.05) is 23.9 Å². The summed E-state index contributed by atoms with van der Waals surface area (Å²) in [6.45, 7) is 8.16. The van der Waals surface area contributed by atoms with Gasteiger partial charge in [-0.2, -0.15) is 0 Å². The Balaban J connectivity index is 2.06. The van der Waals surface area contributed by atoms with Crippen molar-refractivity contribution >= 4 is 17.7 Å². The molecule has 0 aliphatic rings. The van der Waals surface area contributed by atoms with Crippen molar-refractivity contribution in [2.45, 2.75) is 5.16 Å². The molecule has 0 unspecified atom stereocenters. The van der Waals surface area contributed by atoms with E-state index in [-0.39, 0.29) is 17.5 Å². The first-order valence-corrected chi connectivity index (χ1v) is 8.14. The SMILES string of the molecule is C=CCN(CC=C)C(=O)CSc1nnc(-c2ccc(F)cc2)n1N. The van der Waals surface area contributed by atoms with Gasteiger partial charge < -0.3 is 10.7 Å². The lowest BCUT2D eigenvalue weighted by Gasteiger charge is -2.18. The molecule has 2 N–H and O–H groups in total. The molecule has 0 aliphatic carbocycles. The van der Waals surface area contributed by atoms with Gasteiger partial charge in [0.15, 0.2) is 5.82 Å². The van der Waals surface area contributed by atoms with E-state index in [2.05, 4.69) is 23.4 Å². The molecule has 6 nitrogen and oxygen atoms in total. The van der Waals surface area contributed by atoms with Crippen LogP contribution in [-0.4, -0.2) is 44.5 Å². The quantitative estimate of drug-likeness (QED) is 0.449. The molecule has 0 radical (unpaired) electrons. The second-order valence-electron chi connectivity index (χ2n) is 4.85. The number of rotatable bonds is 8. The van der Waals surface area contributed by atoms with Gasteiger partial charge >= 0.3 is 0 Å². The molecule has 0 spiro atoms. The lowest BCUT2D eigenvalue weighted by Crippen LogP contribution is -2.32. The van der Waals surface area contributed by atoms with Gasteiger partial charge in [-0.3, -0.25) is 4.79 Å². The zero-order valence-corrected chi connectivity index (χ0v) is 13.9. The molecule has 0 atom stereocenters. The first-order valence-electron chi connectivity index (χ1n) is 7.15. The number of hydrogen-bond acceptors (Lipinski definition) is 5. The van der Waals surface area contributed by atoms with Crippen molar-refractivity contribution in [1.82, 2.24) is 19.8 Å². The fraction of sp³-hybridized carbons (Fsp3) is 0.188. The maximum absolute atomic E-state index is 13.0. The molecule has 0 aliphatic heterocycles. The molecule has 1 aromatic carbocycles. The van der Waals surface area contributed by atoms with E-state index in [1.54, 1.807) is 29.2 Å². The number of thioether (sulfide) groups is 1. The van der Waals surface area contributed by atoms with E-state index in [0.717, 1.165) is 0 Å². The third-order valence-corrected chi connectivity index (χ3v) is 4.07. The molecule has 126 valence electrons. The van der Waals surface area contributed by atoms with Gasteiger partial charge in [0.25, 0.3) is 0 Å². The van der Waals surface area contributed by atoms with Crippen LogP contribution in [0.15, 0.2) is 54.7 Å². The van der Waals surface area contributed by atoms with E-state index in [1.807, 2.05) is 0 Å². The number of amides is 1. The number of carbonyl (C=O) groups is 1. The van der Waals surface area contributed by atoms with Crippen LogP contribution in [-0.2, 0) is 4.79 Å². The summed E-state index contributed by atoms with van der Waals surface area (Å²) in [5, 5.41) is 8.39. The molecular formula is C16H18FN5OS. The highest BCUT2D eigenvalue weighted by molar-refractivity contribution is 7.99. The Labute approximate surface area is 143 Å². The molecule has 0 saturated carbocycles. The topological polar surface area (TPSA) is 77.0 Å². The number of aromatic nitrogens is 3. The van der Waals surface area contributed by atoms with Crippen LogP contribution in [0.4, 0.5) is 4.39 Å². The van der Waals surface area contributed by atoms with Crippen LogP contribution in [0.2, 0.25) is 0 Å². The Hall–Kier alpha value is -2.61. The molecule has 0 fully saturated rings. The second kappa shape index (κ2) is 8.30. The number of nitrogen functional groups attached to an aromatic ring is 1. The number of hydrogen-bond donors (Lipinski definition) is 1. The van der Waals surface area contributed by atoms with Crippen LogP contribution >= 0.6 is 11.8 Å². The number of nitrogens with two attached hydrogens (primary N) is 1. The fourth-order valence-corrected chi connectivity index (χ4v) is 2.74. The monoisotopic (exact) mass is 347 g/mol. The van der Waals surface area contributed by atoms with Crippen molar-refractivity contribution in [1.29, 1.82) is 0 Å². The highest BCUT2D eigenvalue weighted by Crippen LogP contribution is 2.22. The third kappa shape index (κ3) is 4.23. The van der Waals surface area contributed by atoms with Crippen LogP contribution in [0.5, 0.6) is 0 Å². The van der Waals surface area contributed by atoms with E-state index in [9.17, 15) is 9.18 Å². The highest BCUT2D eigenvalue weighted by atomic mass is 32.2. The van der Waals surface area contributed by atoms with Gasteiger partial charge in [0.05, 0.1) is 5.75 Å². The maximum Gasteiger partial charge on any atom is 0.233 e. The van der Waals surface area contributed by atoms with E-state index in [0.29, 0.717) is 29.6 Å². The Morgan fingerprint density at radius 3 is 2.46 bits per heavy atom. The normalized spacial score (nSPS) is 10.4. The van der Waals surface area contributed by atoms with Gasteiger partial charge in [0.2, 0.25) is 11.1 Å². The lowest BCUT2D eigenvalue weighted by molar-refractivity contribution is -0.127. The largest absolute Gasteiger partial charge is 0.335 e. The third-order valence-electron chi connectivity index (χ3n) is 3.14. The maximum atomic E-state index is 13.0. The molecule has 24 heavy (non-hydrogen) atoms. The Morgan fingerprint density at radius 2 is 1.88 bits per heavy atom. The van der Waals surface area contributed by atoms with Crippen molar-refractivity contribution < 1.29 is 9.18 Å².